The fourth-order valence-electron chi connectivity index (χ4n) is 8.82. The number of fused-ring (bicyclic) bond motifs is 5. The number of sulfonamides is 1. The number of nitrogens with one attached hydrogen (secondary N) is 3. The van der Waals surface area contributed by atoms with Gasteiger partial charge in [0.25, 0.3) is 5.91 Å². The molecular formula is C46H56F3N6O10PS. The second-order valence-corrected chi connectivity index (χ2v) is 22.6. The summed E-state index contributed by atoms with van der Waals surface area (Å²) >= 11 is 0. The molecule has 4 aliphatic heterocycles. The van der Waals surface area contributed by atoms with Gasteiger partial charge in [0.1, 0.15) is 34.5 Å². The first-order valence-corrected chi connectivity index (χ1v) is 25.3. The minimum Gasteiger partial charge on any atom is -0.493 e. The summed E-state index contributed by atoms with van der Waals surface area (Å²) in [5.74, 6) is -1.88. The van der Waals surface area contributed by atoms with Crippen LogP contribution in [0.25, 0.3) is 10.9 Å². The van der Waals surface area contributed by atoms with Gasteiger partial charge in [-0.3, -0.25) is 24.1 Å². The highest BCUT2D eigenvalue weighted by atomic mass is 32.2. The van der Waals surface area contributed by atoms with Crippen LogP contribution in [0.15, 0.2) is 54.9 Å². The lowest BCUT2D eigenvalue weighted by molar-refractivity contribution is -0.144. The van der Waals surface area contributed by atoms with Crippen LogP contribution < -0.4 is 29.6 Å². The number of ether oxygens (including phenoxy) is 4. The molecule has 67 heavy (non-hydrogen) atoms. The standard InChI is InChI=1S/C46H56F3N6O10PS/c1-28(2)26-64-42(59)52-34-10-7-5-4-6-8-11-36-45(66-36,41(58)54-67(60,61)43(3)18-19-43)53-39(56)35-25-44(27-55(35)40(34)57)17-14-31-32-24-30(63-23-9-22-62-29-15-20-50-21-16-29)12-13-33(32)51-38(37(31)65-44)46(47,48)49/h8,11-13,15-16,20-21,24,28,34-36,66H,4-7,9-10,14,17-19,22-23,25-27H2,1-3H3,(H,52,59)(H,53,56)(H,54,58)/b11-8-/t34-,35-,36-,44+,45-/m0/s1. The molecule has 0 radical (unpaired) electrons. The largest absolute Gasteiger partial charge is 0.493 e. The number of hydrogen-bond acceptors (Lipinski definition) is 12. The van der Waals surface area contributed by atoms with Gasteiger partial charge in [0.05, 0.1) is 36.6 Å². The molecule has 3 aromatic rings. The molecule has 6 atom stereocenters. The van der Waals surface area contributed by atoms with Gasteiger partial charge < -0.3 is 34.5 Å². The summed E-state index contributed by atoms with van der Waals surface area (Å²) < 4.78 is 96.2. The molecule has 1 aliphatic carbocycles. The van der Waals surface area contributed by atoms with Gasteiger partial charge in [-0.25, -0.2) is 18.2 Å². The zero-order valence-corrected chi connectivity index (χ0v) is 39.4. The molecule has 3 fully saturated rings. The van der Waals surface area contributed by atoms with Crippen molar-refractivity contribution in [3.8, 4) is 17.2 Å². The number of halogens is 3. The van der Waals surface area contributed by atoms with Crippen molar-refractivity contribution in [1.82, 2.24) is 30.2 Å². The minimum atomic E-state index is -4.96. The summed E-state index contributed by atoms with van der Waals surface area (Å²) in [6, 6.07) is 5.48. The summed E-state index contributed by atoms with van der Waals surface area (Å²) in [7, 11) is -4.35. The van der Waals surface area contributed by atoms with Gasteiger partial charge in [-0.1, -0.05) is 47.4 Å². The Morgan fingerprint density at radius 3 is 2.51 bits per heavy atom. The third kappa shape index (κ3) is 10.6. The number of pyridine rings is 2. The van der Waals surface area contributed by atoms with E-state index >= 15 is 13.2 Å². The first kappa shape index (κ1) is 48.2. The Morgan fingerprint density at radius 2 is 1.79 bits per heavy atom. The van der Waals surface area contributed by atoms with Crippen LogP contribution in [0.4, 0.5) is 18.0 Å². The van der Waals surface area contributed by atoms with Crippen LogP contribution in [-0.2, 0) is 41.7 Å². The molecule has 2 saturated heterocycles. The van der Waals surface area contributed by atoms with Crippen LogP contribution in [0.5, 0.6) is 17.2 Å². The molecule has 5 aliphatic rings. The van der Waals surface area contributed by atoms with E-state index in [1.807, 2.05) is 19.9 Å². The van der Waals surface area contributed by atoms with Crippen LogP contribution in [0.3, 0.4) is 0 Å². The number of rotatable bonds is 12. The summed E-state index contributed by atoms with van der Waals surface area (Å²) in [4.78, 5) is 66.0. The summed E-state index contributed by atoms with van der Waals surface area (Å²) in [5.41, 5.74) is -3.06. The van der Waals surface area contributed by atoms with E-state index in [0.717, 1.165) is 0 Å². The van der Waals surface area contributed by atoms with E-state index < -0.39 is 84.8 Å². The van der Waals surface area contributed by atoms with Crippen LogP contribution >= 0.6 is 8.58 Å². The Morgan fingerprint density at radius 1 is 1.04 bits per heavy atom. The predicted octanol–water partition coefficient (Wildman–Crippen LogP) is 6.30. The van der Waals surface area contributed by atoms with Crippen LogP contribution in [0.1, 0.15) is 96.2 Å². The molecule has 1 aromatic carbocycles. The van der Waals surface area contributed by atoms with Gasteiger partial charge in [-0.2, -0.15) is 13.2 Å². The van der Waals surface area contributed by atoms with E-state index in [-0.39, 0.29) is 71.0 Å². The second-order valence-electron chi connectivity index (χ2n) is 18.7. The third-order valence-corrected chi connectivity index (χ3v) is 16.9. The highest BCUT2D eigenvalue weighted by molar-refractivity contribution is 7.91. The summed E-state index contributed by atoms with van der Waals surface area (Å²) in [6.07, 6.45) is 4.82. The number of carbonyl (C=O) groups excluding carboxylic acids is 4. The van der Waals surface area contributed by atoms with Crippen molar-refractivity contribution in [1.29, 1.82) is 0 Å². The zero-order chi connectivity index (χ0) is 47.8. The zero-order valence-electron chi connectivity index (χ0n) is 37.6. The van der Waals surface area contributed by atoms with E-state index in [0.29, 0.717) is 68.4 Å². The Kier molecular flexibility index (Phi) is 13.7. The molecule has 16 nitrogen and oxygen atoms in total. The van der Waals surface area contributed by atoms with Crippen molar-refractivity contribution < 1.29 is 59.7 Å². The van der Waals surface area contributed by atoms with Gasteiger partial charge in [0, 0.05) is 41.8 Å². The molecule has 1 unspecified atom stereocenters. The Balaban J connectivity index is 1.10. The molecular weight excluding hydrogens is 917 g/mol. The predicted molar refractivity (Wildman–Crippen MR) is 241 cm³/mol. The number of benzene rings is 1. The number of aryl methyl sites for hydroxylation is 1. The lowest BCUT2D eigenvalue weighted by atomic mass is 9.87. The number of hydrogen-bond donors (Lipinski definition) is 3. The molecule has 6 heterocycles. The Hall–Kier alpha value is -5.23. The van der Waals surface area contributed by atoms with Gasteiger partial charge in [0.2, 0.25) is 21.8 Å². The van der Waals surface area contributed by atoms with Crippen molar-refractivity contribution in [2.45, 2.75) is 131 Å². The SMILES string of the molecule is CC(C)COC(=O)N[C@H]1CCCCC/C=C\[C@@H]2P[C@@]2(C(=O)NS(=O)(=O)C2(C)CC2)NC(=O)[C@@H]2C[C@]3(CCc4c(c(C(F)(F)F)nc5ccc(OCCCOc6ccncc6)cc45)O3)CN2C1=O. The van der Waals surface area contributed by atoms with Crippen molar-refractivity contribution >= 4 is 53.3 Å². The third-order valence-electron chi connectivity index (χ3n) is 13.0. The topological polar surface area (TPSA) is 204 Å². The fourth-order valence-corrected chi connectivity index (χ4v) is 11.5. The number of allylic oxidation sites excluding steroid dienone is 1. The molecule has 21 heteroatoms. The molecule has 1 spiro atoms. The number of alkyl carbamates (subject to hydrolysis) is 1. The molecule has 1 saturated carbocycles. The van der Waals surface area contributed by atoms with Crippen molar-refractivity contribution in [2.75, 3.05) is 26.4 Å². The lowest BCUT2D eigenvalue weighted by Gasteiger charge is -2.37. The van der Waals surface area contributed by atoms with Gasteiger partial charge in [-0.15, -0.1) is 0 Å². The van der Waals surface area contributed by atoms with Crippen LogP contribution in [0.2, 0.25) is 0 Å². The Labute approximate surface area is 388 Å². The van der Waals surface area contributed by atoms with Crippen molar-refractivity contribution in [2.24, 2.45) is 5.92 Å². The summed E-state index contributed by atoms with van der Waals surface area (Å²) in [5, 5.41) is 4.22. The highest BCUT2D eigenvalue weighted by Gasteiger charge is 2.64. The van der Waals surface area contributed by atoms with E-state index in [1.54, 1.807) is 42.7 Å². The second kappa shape index (κ2) is 19.0. The number of amides is 4. The van der Waals surface area contributed by atoms with Crippen molar-refractivity contribution in [3.63, 3.8) is 0 Å². The minimum absolute atomic E-state index is 0.00487. The quantitative estimate of drug-likeness (QED) is 0.104. The maximum atomic E-state index is 15.0. The monoisotopic (exact) mass is 972 g/mol. The highest BCUT2D eigenvalue weighted by Crippen LogP contribution is 2.60. The maximum absolute atomic E-state index is 15.0. The maximum Gasteiger partial charge on any atom is 0.437 e. The molecule has 0 bridgehead atoms. The molecule has 3 N–H and O–H groups in total. The van der Waals surface area contributed by atoms with E-state index in [2.05, 4.69) is 25.3 Å². The lowest BCUT2D eigenvalue weighted by Crippen LogP contribution is -2.58. The van der Waals surface area contributed by atoms with E-state index in [1.165, 1.54) is 17.9 Å². The average molecular weight is 973 g/mol. The number of carbonyl (C=O) groups is 4. The van der Waals surface area contributed by atoms with Gasteiger partial charge in [0.15, 0.2) is 11.4 Å². The fraction of sp³-hybridized carbons (Fsp3) is 0.565. The number of nitrogens with zero attached hydrogens (tertiary/aromatic N) is 3. The van der Waals surface area contributed by atoms with Crippen LogP contribution in [-0.4, -0.2) is 107 Å². The van der Waals surface area contributed by atoms with Gasteiger partial charge >= 0.3 is 12.3 Å². The van der Waals surface area contributed by atoms with Crippen molar-refractivity contribution in [3.05, 3.63) is 66.1 Å². The van der Waals surface area contributed by atoms with E-state index in [9.17, 15) is 27.6 Å². The molecule has 362 valence electrons. The average Bonchev–Trinajstić information content (AvgIpc) is 4.18. The van der Waals surface area contributed by atoms with E-state index in [4.69, 9.17) is 18.9 Å². The number of aromatic nitrogens is 2. The molecule has 8 rings (SSSR count). The normalized spacial score (nSPS) is 26.8. The van der Waals surface area contributed by atoms with Crippen LogP contribution in [0, 0.1) is 5.92 Å². The Bertz CT molecular complexity index is 2530. The van der Waals surface area contributed by atoms with Gasteiger partial charge in [-0.05, 0) is 88.1 Å². The smallest absolute Gasteiger partial charge is 0.437 e. The summed E-state index contributed by atoms with van der Waals surface area (Å²) in [6.45, 7) is 5.57. The first-order chi connectivity index (χ1) is 31.8. The number of alkyl halides is 3. The molecule has 2 aromatic heterocycles. The molecule has 4 amide bonds. The first-order valence-electron chi connectivity index (χ1n) is 22.8.